The van der Waals surface area contributed by atoms with Crippen LogP contribution in [0.25, 0.3) is 0 Å². The summed E-state index contributed by atoms with van der Waals surface area (Å²) in [5, 5.41) is 6.87. The fourth-order valence-corrected chi connectivity index (χ4v) is 3.51. The van der Waals surface area contributed by atoms with Gasteiger partial charge in [-0.15, -0.1) is 0 Å². The lowest BCUT2D eigenvalue weighted by atomic mass is 10.2. The molecular formula is C18H19ClN4O4S. The summed E-state index contributed by atoms with van der Waals surface area (Å²) in [6.45, 7) is 0.939. The van der Waals surface area contributed by atoms with E-state index in [1.165, 1.54) is 44.5 Å². The molecule has 148 valence electrons. The van der Waals surface area contributed by atoms with Crippen LogP contribution in [-0.4, -0.2) is 44.3 Å². The molecule has 0 saturated carbocycles. The Bertz CT molecular complexity index is 991. The van der Waals surface area contributed by atoms with Gasteiger partial charge in [0.15, 0.2) is 0 Å². The molecule has 0 saturated heterocycles. The maximum Gasteiger partial charge on any atom is 0.255 e. The standard InChI is InChI=1S/C18H19ClN4O4S/c1-13(24)21-16-6-8-17(9-7-16)28(26,27)23(2)12-18(25)22-20-11-14-4-3-5-15(19)10-14/h3-11H,12H2,1-2H3,(H,21,24)(H,22,25)/b20-11-. The number of carbonyl (C=O) groups excluding carboxylic acids is 2. The van der Waals surface area contributed by atoms with Gasteiger partial charge in [0, 0.05) is 24.7 Å². The Labute approximate surface area is 168 Å². The van der Waals surface area contributed by atoms with Crippen LogP contribution in [0.2, 0.25) is 5.02 Å². The van der Waals surface area contributed by atoms with E-state index in [-0.39, 0.29) is 10.8 Å². The van der Waals surface area contributed by atoms with Crippen LogP contribution >= 0.6 is 11.6 Å². The van der Waals surface area contributed by atoms with Crippen molar-refractivity contribution in [1.82, 2.24) is 9.73 Å². The molecule has 0 atom stereocenters. The topological polar surface area (TPSA) is 108 Å². The first kappa shape index (κ1) is 21.5. The minimum absolute atomic E-state index is 0.000620. The molecule has 0 aliphatic heterocycles. The monoisotopic (exact) mass is 422 g/mol. The van der Waals surface area contributed by atoms with Gasteiger partial charge in [-0.05, 0) is 42.0 Å². The number of hydrogen-bond donors (Lipinski definition) is 2. The van der Waals surface area contributed by atoms with E-state index in [1.807, 2.05) is 0 Å². The zero-order chi connectivity index (χ0) is 20.7. The summed E-state index contributed by atoms with van der Waals surface area (Å²) in [4.78, 5) is 23.0. The van der Waals surface area contributed by atoms with Gasteiger partial charge in [0.1, 0.15) is 0 Å². The van der Waals surface area contributed by atoms with Crippen LogP contribution in [0, 0.1) is 0 Å². The Morgan fingerprint density at radius 1 is 1.18 bits per heavy atom. The second-order valence-electron chi connectivity index (χ2n) is 5.81. The van der Waals surface area contributed by atoms with Gasteiger partial charge < -0.3 is 5.32 Å². The van der Waals surface area contributed by atoms with E-state index < -0.39 is 22.5 Å². The SMILES string of the molecule is CC(=O)Nc1ccc(S(=O)(=O)N(C)CC(=O)N/N=C\c2cccc(Cl)c2)cc1. The molecule has 0 radical (unpaired) electrons. The number of likely N-dealkylation sites (N-methyl/N-ethyl adjacent to an activating group) is 1. The van der Waals surface area contributed by atoms with Crippen LogP contribution in [0.1, 0.15) is 12.5 Å². The van der Waals surface area contributed by atoms with E-state index in [4.69, 9.17) is 11.6 Å². The first-order valence-corrected chi connectivity index (χ1v) is 9.92. The second kappa shape index (κ2) is 9.45. The van der Waals surface area contributed by atoms with Gasteiger partial charge in [-0.25, -0.2) is 13.8 Å². The molecule has 0 unspecified atom stereocenters. The number of hydrogen-bond acceptors (Lipinski definition) is 5. The summed E-state index contributed by atoms with van der Waals surface area (Å²) in [7, 11) is -2.58. The normalized spacial score (nSPS) is 11.6. The highest BCUT2D eigenvalue weighted by Gasteiger charge is 2.22. The number of rotatable bonds is 7. The van der Waals surface area contributed by atoms with Crippen molar-refractivity contribution >= 4 is 45.3 Å². The fraction of sp³-hybridized carbons (Fsp3) is 0.167. The summed E-state index contributed by atoms with van der Waals surface area (Å²) in [6, 6.07) is 12.5. The first-order chi connectivity index (χ1) is 13.2. The quantitative estimate of drug-likeness (QED) is 0.526. The Balaban J connectivity index is 1.97. The lowest BCUT2D eigenvalue weighted by Gasteiger charge is -2.16. The Hall–Kier alpha value is -2.75. The molecule has 2 amide bonds. The van der Waals surface area contributed by atoms with Crippen molar-refractivity contribution in [1.29, 1.82) is 0 Å². The largest absolute Gasteiger partial charge is 0.326 e. The van der Waals surface area contributed by atoms with E-state index in [9.17, 15) is 18.0 Å². The molecular weight excluding hydrogens is 404 g/mol. The van der Waals surface area contributed by atoms with Crippen molar-refractivity contribution in [3.63, 3.8) is 0 Å². The first-order valence-electron chi connectivity index (χ1n) is 8.10. The molecule has 0 aliphatic carbocycles. The second-order valence-corrected chi connectivity index (χ2v) is 8.30. The molecule has 0 aromatic heterocycles. The highest BCUT2D eigenvalue weighted by atomic mass is 35.5. The highest BCUT2D eigenvalue weighted by Crippen LogP contribution is 2.17. The van der Waals surface area contributed by atoms with Gasteiger partial charge >= 0.3 is 0 Å². The fourth-order valence-electron chi connectivity index (χ4n) is 2.18. The van der Waals surface area contributed by atoms with Crippen molar-refractivity contribution in [2.45, 2.75) is 11.8 Å². The van der Waals surface area contributed by atoms with E-state index in [0.29, 0.717) is 16.3 Å². The third-order valence-electron chi connectivity index (χ3n) is 3.50. The number of hydrazone groups is 1. The lowest BCUT2D eigenvalue weighted by molar-refractivity contribution is -0.121. The van der Waals surface area contributed by atoms with Gasteiger partial charge in [0.05, 0.1) is 17.7 Å². The van der Waals surface area contributed by atoms with E-state index in [0.717, 1.165) is 4.31 Å². The van der Waals surface area contributed by atoms with Gasteiger partial charge in [0.2, 0.25) is 15.9 Å². The van der Waals surface area contributed by atoms with E-state index in [1.54, 1.807) is 24.3 Å². The smallest absolute Gasteiger partial charge is 0.255 e. The highest BCUT2D eigenvalue weighted by molar-refractivity contribution is 7.89. The molecule has 28 heavy (non-hydrogen) atoms. The molecule has 10 heteroatoms. The van der Waals surface area contributed by atoms with Crippen LogP contribution in [0.5, 0.6) is 0 Å². The molecule has 8 nitrogen and oxygen atoms in total. The zero-order valence-electron chi connectivity index (χ0n) is 15.2. The summed E-state index contributed by atoms with van der Waals surface area (Å²) < 4.78 is 26.0. The van der Waals surface area contributed by atoms with Crippen molar-refractivity contribution in [2.24, 2.45) is 5.10 Å². The molecule has 2 aromatic carbocycles. The maximum atomic E-state index is 12.5. The summed E-state index contributed by atoms with van der Waals surface area (Å²) in [6.07, 6.45) is 1.40. The predicted octanol–water partition coefficient (Wildman–Crippen LogP) is 2.07. The lowest BCUT2D eigenvalue weighted by Crippen LogP contribution is -2.36. The summed E-state index contributed by atoms with van der Waals surface area (Å²) in [5.74, 6) is -0.859. The number of nitrogens with zero attached hydrogens (tertiary/aromatic N) is 2. The van der Waals surface area contributed by atoms with Crippen LogP contribution in [-0.2, 0) is 19.6 Å². The minimum Gasteiger partial charge on any atom is -0.326 e. The molecule has 0 heterocycles. The van der Waals surface area contributed by atoms with Crippen molar-refractivity contribution < 1.29 is 18.0 Å². The molecule has 0 spiro atoms. The zero-order valence-corrected chi connectivity index (χ0v) is 16.8. The number of anilines is 1. The number of nitrogens with one attached hydrogen (secondary N) is 2. The number of carbonyl (C=O) groups is 2. The molecule has 0 fully saturated rings. The molecule has 2 aromatic rings. The van der Waals surface area contributed by atoms with Crippen LogP contribution in [0.4, 0.5) is 5.69 Å². The van der Waals surface area contributed by atoms with Gasteiger partial charge in [0.25, 0.3) is 5.91 Å². The minimum atomic E-state index is -3.87. The van der Waals surface area contributed by atoms with Crippen LogP contribution < -0.4 is 10.7 Å². The Kier molecular flexibility index (Phi) is 7.27. The van der Waals surface area contributed by atoms with Crippen LogP contribution in [0.15, 0.2) is 58.5 Å². The van der Waals surface area contributed by atoms with Gasteiger partial charge in [-0.3, -0.25) is 9.59 Å². The maximum absolute atomic E-state index is 12.5. The van der Waals surface area contributed by atoms with E-state index >= 15 is 0 Å². The number of amides is 2. The van der Waals surface area contributed by atoms with Crippen molar-refractivity contribution in [2.75, 3.05) is 18.9 Å². The number of halogens is 1. The van der Waals surface area contributed by atoms with Crippen molar-refractivity contribution in [3.8, 4) is 0 Å². The summed E-state index contributed by atoms with van der Waals surface area (Å²) in [5.41, 5.74) is 3.43. The predicted molar refractivity (Wildman–Crippen MR) is 108 cm³/mol. The number of sulfonamides is 1. The third-order valence-corrected chi connectivity index (χ3v) is 5.55. The third kappa shape index (κ3) is 6.15. The molecule has 2 N–H and O–H groups in total. The molecule has 0 bridgehead atoms. The molecule has 0 aliphatic rings. The Morgan fingerprint density at radius 2 is 1.86 bits per heavy atom. The average molecular weight is 423 g/mol. The number of benzene rings is 2. The summed E-state index contributed by atoms with van der Waals surface area (Å²) >= 11 is 5.86. The van der Waals surface area contributed by atoms with Crippen molar-refractivity contribution in [3.05, 3.63) is 59.1 Å². The Morgan fingerprint density at radius 3 is 2.46 bits per heavy atom. The molecule has 2 rings (SSSR count). The van der Waals surface area contributed by atoms with E-state index in [2.05, 4.69) is 15.8 Å². The van der Waals surface area contributed by atoms with Gasteiger partial charge in [-0.2, -0.15) is 9.41 Å². The average Bonchev–Trinajstić information content (AvgIpc) is 2.61. The van der Waals surface area contributed by atoms with Crippen LogP contribution in [0.3, 0.4) is 0 Å². The van der Waals surface area contributed by atoms with Gasteiger partial charge in [-0.1, -0.05) is 23.7 Å².